The van der Waals surface area contributed by atoms with Crippen LogP contribution in [0.2, 0.25) is 5.02 Å². The second kappa shape index (κ2) is 8.18. The van der Waals surface area contributed by atoms with E-state index >= 15 is 0 Å². The monoisotopic (exact) mass is 462 g/mol. The van der Waals surface area contributed by atoms with E-state index in [0.717, 1.165) is 22.4 Å². The molecule has 166 valence electrons. The number of benzene rings is 2. The molecule has 0 bridgehead atoms. The van der Waals surface area contributed by atoms with Crippen LogP contribution in [0, 0.1) is 6.92 Å². The molecule has 0 saturated carbocycles. The third kappa shape index (κ3) is 3.76. The molecule has 0 saturated heterocycles. The minimum absolute atomic E-state index is 0.0349. The highest BCUT2D eigenvalue weighted by molar-refractivity contribution is 6.30. The summed E-state index contributed by atoms with van der Waals surface area (Å²) >= 11 is 5.99. The number of phenolic OH excluding ortho intramolecular Hbond substituents is 1. The van der Waals surface area contributed by atoms with Gasteiger partial charge in [-0.05, 0) is 36.8 Å². The Morgan fingerprint density at radius 1 is 1.21 bits per heavy atom. The average Bonchev–Trinajstić information content (AvgIpc) is 3.15. The van der Waals surface area contributed by atoms with Gasteiger partial charge in [-0.2, -0.15) is 14.9 Å². The molecule has 1 aliphatic rings. The molecule has 2 aromatic heterocycles. The summed E-state index contributed by atoms with van der Waals surface area (Å²) in [4.78, 5) is 17.2. The van der Waals surface area contributed by atoms with Gasteiger partial charge in [0, 0.05) is 28.5 Å². The van der Waals surface area contributed by atoms with Crippen LogP contribution in [0.3, 0.4) is 0 Å². The van der Waals surface area contributed by atoms with Crippen LogP contribution < -0.4 is 10.1 Å². The van der Waals surface area contributed by atoms with Gasteiger partial charge in [-0.25, -0.2) is 4.98 Å². The van der Waals surface area contributed by atoms with Gasteiger partial charge in [0.25, 0.3) is 5.95 Å². The summed E-state index contributed by atoms with van der Waals surface area (Å²) in [5.74, 6) is 0.666. The molecule has 4 aromatic rings. The van der Waals surface area contributed by atoms with Crippen LogP contribution >= 0.6 is 11.6 Å². The summed E-state index contributed by atoms with van der Waals surface area (Å²) in [6, 6.07) is 12.3. The van der Waals surface area contributed by atoms with Crippen LogP contribution in [0.4, 0.5) is 5.82 Å². The number of carbonyl (C=O) groups excluding carboxylic acids is 1. The van der Waals surface area contributed by atoms with Gasteiger partial charge in [0.1, 0.15) is 5.82 Å². The number of fused-ring (bicyclic) bond motifs is 1. The summed E-state index contributed by atoms with van der Waals surface area (Å²) < 4.78 is 6.75. The van der Waals surface area contributed by atoms with Crippen LogP contribution in [0.25, 0.3) is 17.2 Å². The number of halogens is 1. The van der Waals surface area contributed by atoms with Crippen molar-refractivity contribution < 1.29 is 14.6 Å². The van der Waals surface area contributed by atoms with Gasteiger partial charge < -0.3 is 15.2 Å². The van der Waals surface area contributed by atoms with Crippen molar-refractivity contribution >= 4 is 23.3 Å². The third-order valence-electron chi connectivity index (χ3n) is 5.59. The van der Waals surface area contributed by atoms with Crippen molar-refractivity contribution in [1.29, 1.82) is 0 Å². The molecule has 0 unspecified atom stereocenters. The lowest BCUT2D eigenvalue weighted by atomic mass is 9.85. The summed E-state index contributed by atoms with van der Waals surface area (Å²) in [5.41, 5.74) is 3.83. The van der Waals surface area contributed by atoms with Crippen LogP contribution in [0.1, 0.15) is 29.2 Å². The van der Waals surface area contributed by atoms with E-state index in [1.165, 1.54) is 11.8 Å². The van der Waals surface area contributed by atoms with Gasteiger partial charge >= 0.3 is 0 Å². The second-order valence-electron chi connectivity index (χ2n) is 7.64. The number of nitrogens with one attached hydrogen (secondary N) is 1. The number of carbonyl (C=O) groups is 1. The molecular formula is C23H19ClN6O3. The molecule has 0 spiro atoms. The molecule has 1 aliphatic heterocycles. The van der Waals surface area contributed by atoms with Crippen molar-refractivity contribution in [2.45, 2.75) is 19.3 Å². The Morgan fingerprint density at radius 2 is 2.00 bits per heavy atom. The molecule has 10 heteroatoms. The Kier molecular flexibility index (Phi) is 5.18. The molecule has 2 aromatic carbocycles. The maximum atomic E-state index is 12.6. The Hall–Kier alpha value is -3.98. The van der Waals surface area contributed by atoms with Crippen LogP contribution in [-0.4, -0.2) is 43.1 Å². The van der Waals surface area contributed by atoms with Crippen LogP contribution in [0.15, 0.2) is 48.7 Å². The fourth-order valence-corrected chi connectivity index (χ4v) is 4.16. The number of anilines is 1. The number of aromatic nitrogens is 5. The first kappa shape index (κ1) is 20.9. The number of aromatic hydroxyl groups is 1. The predicted molar refractivity (Wildman–Crippen MR) is 122 cm³/mol. The van der Waals surface area contributed by atoms with Crippen molar-refractivity contribution in [3.05, 3.63) is 70.5 Å². The van der Waals surface area contributed by atoms with E-state index in [2.05, 4.69) is 25.6 Å². The quantitative estimate of drug-likeness (QED) is 0.473. The standard InChI is InChI=1S/C23H19ClN6O3/c1-12-21-16(14-5-8-18(31)19(9-14)33-2)10-20(32)27-22(21)30(29-12)23-26-17(11-25-28-23)13-3-6-15(24)7-4-13/h3-9,11,16,31H,10H2,1-2H3,(H,27,32)/t16-/m1/s1. The number of ether oxygens (including phenoxy) is 1. The van der Waals surface area contributed by atoms with E-state index in [1.54, 1.807) is 36.5 Å². The zero-order valence-electron chi connectivity index (χ0n) is 17.8. The number of nitrogens with zero attached hydrogens (tertiary/aromatic N) is 5. The van der Waals surface area contributed by atoms with Crippen molar-refractivity contribution in [2.75, 3.05) is 12.4 Å². The van der Waals surface area contributed by atoms with E-state index < -0.39 is 0 Å². The molecular weight excluding hydrogens is 444 g/mol. The van der Waals surface area contributed by atoms with Gasteiger partial charge in [-0.15, -0.1) is 5.10 Å². The predicted octanol–water partition coefficient (Wildman–Crippen LogP) is 3.87. The van der Waals surface area contributed by atoms with Crippen molar-refractivity contribution in [3.8, 4) is 28.7 Å². The Labute approximate surface area is 194 Å². The first-order chi connectivity index (χ1) is 15.9. The van der Waals surface area contributed by atoms with Gasteiger partial charge in [0.2, 0.25) is 5.91 Å². The first-order valence-electron chi connectivity index (χ1n) is 10.2. The molecule has 33 heavy (non-hydrogen) atoms. The fraction of sp³-hybridized carbons (Fsp3) is 0.174. The molecule has 5 rings (SSSR count). The lowest BCUT2D eigenvalue weighted by Gasteiger charge is -2.24. The zero-order chi connectivity index (χ0) is 23.1. The Morgan fingerprint density at radius 3 is 2.76 bits per heavy atom. The molecule has 1 amide bonds. The normalized spacial score (nSPS) is 15.1. The average molecular weight is 463 g/mol. The molecule has 3 heterocycles. The fourth-order valence-electron chi connectivity index (χ4n) is 4.03. The molecule has 0 radical (unpaired) electrons. The van der Waals surface area contributed by atoms with Crippen LogP contribution in [0.5, 0.6) is 11.5 Å². The van der Waals surface area contributed by atoms with Crippen molar-refractivity contribution in [2.24, 2.45) is 0 Å². The Balaban J connectivity index is 1.60. The lowest BCUT2D eigenvalue weighted by molar-refractivity contribution is -0.116. The number of rotatable bonds is 4. The minimum Gasteiger partial charge on any atom is -0.504 e. The highest BCUT2D eigenvalue weighted by Crippen LogP contribution is 2.42. The van der Waals surface area contributed by atoms with Gasteiger partial charge in [-0.3, -0.25) is 4.79 Å². The van der Waals surface area contributed by atoms with Gasteiger partial charge in [0.05, 0.1) is 24.7 Å². The summed E-state index contributed by atoms with van der Waals surface area (Å²) in [7, 11) is 1.49. The summed E-state index contributed by atoms with van der Waals surface area (Å²) in [5, 5.41) is 26.3. The van der Waals surface area contributed by atoms with E-state index in [0.29, 0.717) is 22.3 Å². The number of methoxy groups -OCH3 is 1. The number of aryl methyl sites for hydroxylation is 1. The first-order valence-corrected chi connectivity index (χ1v) is 10.5. The van der Waals surface area contributed by atoms with Crippen molar-refractivity contribution in [3.63, 3.8) is 0 Å². The molecule has 0 fully saturated rings. The maximum absolute atomic E-state index is 12.6. The maximum Gasteiger partial charge on any atom is 0.272 e. The topological polar surface area (TPSA) is 115 Å². The Bertz CT molecular complexity index is 1370. The van der Waals surface area contributed by atoms with Gasteiger partial charge in [-0.1, -0.05) is 29.8 Å². The van der Waals surface area contributed by atoms with Crippen molar-refractivity contribution in [1.82, 2.24) is 25.0 Å². The number of phenols is 1. The van der Waals surface area contributed by atoms with Gasteiger partial charge in [0.15, 0.2) is 11.5 Å². The minimum atomic E-state index is -0.274. The van der Waals surface area contributed by atoms with E-state index in [4.69, 9.17) is 16.3 Å². The smallest absolute Gasteiger partial charge is 0.272 e. The summed E-state index contributed by atoms with van der Waals surface area (Å²) in [6.45, 7) is 1.87. The van der Waals surface area contributed by atoms with E-state index in [1.807, 2.05) is 19.1 Å². The molecule has 9 nitrogen and oxygen atoms in total. The molecule has 0 aliphatic carbocycles. The molecule has 2 N–H and O–H groups in total. The number of hydrogen-bond donors (Lipinski definition) is 2. The molecule has 1 atom stereocenters. The van der Waals surface area contributed by atoms with Crippen LogP contribution in [-0.2, 0) is 4.79 Å². The number of hydrogen-bond acceptors (Lipinski definition) is 7. The SMILES string of the molecule is COc1cc([C@H]2CC(=O)Nc3c2c(C)nn3-c2nncc(-c3ccc(Cl)cc3)n2)ccc1O. The summed E-state index contributed by atoms with van der Waals surface area (Å²) in [6.07, 6.45) is 1.79. The van der Waals surface area contributed by atoms with E-state index in [9.17, 15) is 9.90 Å². The zero-order valence-corrected chi connectivity index (χ0v) is 18.5. The third-order valence-corrected chi connectivity index (χ3v) is 5.84. The highest BCUT2D eigenvalue weighted by Gasteiger charge is 2.33. The number of amides is 1. The highest BCUT2D eigenvalue weighted by atomic mass is 35.5. The van der Waals surface area contributed by atoms with E-state index in [-0.39, 0.29) is 29.9 Å². The second-order valence-corrected chi connectivity index (χ2v) is 8.08. The largest absolute Gasteiger partial charge is 0.504 e. The lowest BCUT2D eigenvalue weighted by Crippen LogP contribution is -2.25.